The van der Waals surface area contributed by atoms with Crippen LogP contribution in [0.5, 0.6) is 0 Å². The van der Waals surface area contributed by atoms with Crippen LogP contribution in [0.2, 0.25) is 0 Å². The lowest BCUT2D eigenvalue weighted by atomic mass is 10.3. The molecule has 116 valence electrons. The molecule has 2 aromatic heterocycles. The van der Waals surface area contributed by atoms with Crippen LogP contribution in [0.25, 0.3) is 11.0 Å². The number of benzene rings is 1. The molecule has 3 aromatic rings. The number of anilines is 1. The minimum Gasteiger partial charge on any atom is -0.356 e. The molecule has 22 heavy (non-hydrogen) atoms. The SMILES string of the molecule is Brc1c(Br)c(Br)c2[nH]c(NCCCn3cncn3)nc2c1Br. The quantitative estimate of drug-likeness (QED) is 0.271. The summed E-state index contributed by atoms with van der Waals surface area (Å²) < 4.78 is 5.51. The van der Waals surface area contributed by atoms with E-state index in [-0.39, 0.29) is 0 Å². The number of nitrogens with one attached hydrogen (secondary N) is 2. The average Bonchev–Trinajstić information content (AvgIpc) is 3.17. The maximum absolute atomic E-state index is 4.58. The van der Waals surface area contributed by atoms with E-state index in [4.69, 9.17) is 0 Å². The molecule has 0 aliphatic rings. The summed E-state index contributed by atoms with van der Waals surface area (Å²) in [7, 11) is 0. The summed E-state index contributed by atoms with van der Waals surface area (Å²) in [5, 5.41) is 7.36. The number of fused-ring (bicyclic) bond motifs is 1. The summed E-state index contributed by atoms with van der Waals surface area (Å²) in [5.74, 6) is 0.736. The van der Waals surface area contributed by atoms with Gasteiger partial charge in [-0.15, -0.1) is 0 Å². The first-order valence-corrected chi connectivity index (χ1v) is 9.53. The Bertz CT molecular complexity index is 753. The fourth-order valence-electron chi connectivity index (χ4n) is 1.98. The van der Waals surface area contributed by atoms with Crippen LogP contribution in [0.15, 0.2) is 30.5 Å². The van der Waals surface area contributed by atoms with Crippen LogP contribution in [0, 0.1) is 0 Å². The average molecular weight is 558 g/mol. The van der Waals surface area contributed by atoms with Crippen LogP contribution in [-0.2, 0) is 6.54 Å². The second kappa shape index (κ2) is 6.98. The number of H-pyrrole nitrogens is 1. The Kier molecular flexibility index (Phi) is 5.20. The van der Waals surface area contributed by atoms with Gasteiger partial charge in [-0.05, 0) is 70.1 Å². The zero-order valence-corrected chi connectivity index (χ0v) is 17.4. The Labute approximate surface area is 160 Å². The Morgan fingerprint density at radius 1 is 1.09 bits per heavy atom. The first kappa shape index (κ1) is 16.4. The minimum absolute atomic E-state index is 0.736. The van der Waals surface area contributed by atoms with E-state index < -0.39 is 0 Å². The topological polar surface area (TPSA) is 71.4 Å². The second-order valence-corrected chi connectivity index (χ2v) is 7.68. The van der Waals surface area contributed by atoms with Gasteiger partial charge in [0.25, 0.3) is 0 Å². The number of aromatic nitrogens is 5. The molecule has 0 saturated heterocycles. The number of hydrogen-bond donors (Lipinski definition) is 2. The van der Waals surface area contributed by atoms with Crippen molar-refractivity contribution in [2.75, 3.05) is 11.9 Å². The van der Waals surface area contributed by atoms with E-state index in [2.05, 4.69) is 89.1 Å². The number of halogens is 4. The molecule has 0 aliphatic carbocycles. The lowest BCUT2D eigenvalue weighted by Crippen LogP contribution is -2.07. The van der Waals surface area contributed by atoms with E-state index in [0.29, 0.717) is 0 Å². The summed E-state index contributed by atoms with van der Waals surface area (Å²) in [6.07, 6.45) is 4.18. The molecule has 1 aromatic carbocycles. The zero-order chi connectivity index (χ0) is 15.7. The molecular weight excluding hydrogens is 548 g/mol. The van der Waals surface area contributed by atoms with Crippen LogP contribution in [0.4, 0.5) is 5.95 Å². The van der Waals surface area contributed by atoms with E-state index in [1.165, 1.54) is 6.33 Å². The summed E-state index contributed by atoms with van der Waals surface area (Å²) in [4.78, 5) is 11.8. The van der Waals surface area contributed by atoms with Crippen LogP contribution in [0.3, 0.4) is 0 Å². The van der Waals surface area contributed by atoms with Gasteiger partial charge in [0.1, 0.15) is 18.2 Å². The number of aryl methyl sites for hydroxylation is 1. The molecule has 10 heteroatoms. The van der Waals surface area contributed by atoms with Gasteiger partial charge in [0, 0.05) is 22.0 Å². The first-order valence-electron chi connectivity index (χ1n) is 6.36. The van der Waals surface area contributed by atoms with Crippen molar-refractivity contribution in [3.63, 3.8) is 0 Å². The fraction of sp³-hybridized carbons (Fsp3) is 0.250. The van der Waals surface area contributed by atoms with Gasteiger partial charge in [-0.2, -0.15) is 5.10 Å². The molecule has 0 fully saturated rings. The maximum atomic E-state index is 4.58. The van der Waals surface area contributed by atoms with Crippen LogP contribution in [-0.4, -0.2) is 31.3 Å². The second-order valence-electron chi connectivity index (χ2n) is 4.50. The van der Waals surface area contributed by atoms with Crippen LogP contribution in [0.1, 0.15) is 6.42 Å². The molecule has 0 bridgehead atoms. The molecule has 2 heterocycles. The van der Waals surface area contributed by atoms with Crippen LogP contribution < -0.4 is 5.32 Å². The van der Waals surface area contributed by atoms with Crippen molar-refractivity contribution in [2.45, 2.75) is 13.0 Å². The standard InChI is InChI=1S/C12H10Br4N6/c13-6-7(14)9(16)11-10(8(6)15)20-12(21-11)18-2-1-3-22-5-17-4-19-22/h4-5H,1-3H2,(H2,18,20,21). The predicted molar refractivity (Wildman–Crippen MR) is 100 cm³/mol. The van der Waals surface area contributed by atoms with Crippen molar-refractivity contribution in [3.8, 4) is 0 Å². The Hall–Kier alpha value is -0.450. The van der Waals surface area contributed by atoms with E-state index in [1.54, 1.807) is 6.33 Å². The van der Waals surface area contributed by atoms with Gasteiger partial charge in [0.15, 0.2) is 0 Å². The normalized spacial score (nSPS) is 11.3. The maximum Gasteiger partial charge on any atom is 0.201 e. The monoisotopic (exact) mass is 554 g/mol. The van der Waals surface area contributed by atoms with Gasteiger partial charge >= 0.3 is 0 Å². The highest BCUT2D eigenvalue weighted by Gasteiger charge is 2.17. The molecular formula is C12H10Br4N6. The van der Waals surface area contributed by atoms with Crippen molar-refractivity contribution in [2.24, 2.45) is 0 Å². The lowest BCUT2D eigenvalue weighted by molar-refractivity contribution is 0.589. The smallest absolute Gasteiger partial charge is 0.201 e. The number of nitrogens with zero attached hydrogens (tertiary/aromatic N) is 4. The largest absolute Gasteiger partial charge is 0.356 e. The number of hydrogen-bond acceptors (Lipinski definition) is 4. The van der Waals surface area contributed by atoms with Crippen molar-refractivity contribution >= 4 is 80.7 Å². The highest BCUT2D eigenvalue weighted by atomic mass is 79.9. The van der Waals surface area contributed by atoms with E-state index in [9.17, 15) is 0 Å². The zero-order valence-electron chi connectivity index (χ0n) is 11.1. The Morgan fingerprint density at radius 2 is 1.86 bits per heavy atom. The van der Waals surface area contributed by atoms with Crippen LogP contribution >= 0.6 is 63.7 Å². The summed E-state index contributed by atoms with van der Waals surface area (Å²) in [5.41, 5.74) is 1.79. The molecule has 3 rings (SSSR count). The number of imidazole rings is 1. The molecule has 0 aliphatic heterocycles. The van der Waals surface area contributed by atoms with Gasteiger partial charge in [-0.1, -0.05) is 0 Å². The van der Waals surface area contributed by atoms with Crippen molar-refractivity contribution in [1.82, 2.24) is 24.7 Å². The summed E-state index contributed by atoms with van der Waals surface area (Å²) >= 11 is 14.2. The van der Waals surface area contributed by atoms with E-state index in [1.807, 2.05) is 4.68 Å². The Balaban J connectivity index is 1.72. The highest BCUT2D eigenvalue weighted by molar-refractivity contribution is 9.15. The third-order valence-corrected chi connectivity index (χ3v) is 7.78. The van der Waals surface area contributed by atoms with Gasteiger partial charge in [0.2, 0.25) is 5.95 Å². The van der Waals surface area contributed by atoms with Gasteiger partial charge in [-0.25, -0.2) is 9.97 Å². The molecule has 0 radical (unpaired) electrons. The third-order valence-electron chi connectivity index (χ3n) is 3.03. The predicted octanol–water partition coefficient (Wildman–Crippen LogP) is 4.71. The third kappa shape index (κ3) is 3.24. The van der Waals surface area contributed by atoms with Gasteiger partial charge in [0.05, 0.1) is 14.5 Å². The molecule has 0 unspecified atom stereocenters. The molecule has 6 nitrogen and oxygen atoms in total. The molecule has 0 saturated carbocycles. The molecule has 0 spiro atoms. The number of aromatic amines is 1. The lowest BCUT2D eigenvalue weighted by Gasteiger charge is -2.03. The van der Waals surface area contributed by atoms with Crippen molar-refractivity contribution < 1.29 is 0 Å². The minimum atomic E-state index is 0.736. The number of rotatable bonds is 5. The van der Waals surface area contributed by atoms with Crippen molar-refractivity contribution in [3.05, 3.63) is 30.5 Å². The summed E-state index contributed by atoms with van der Waals surface area (Å²) in [6, 6.07) is 0. The fourth-order valence-corrected chi connectivity index (χ4v) is 4.26. The summed E-state index contributed by atoms with van der Waals surface area (Å²) in [6.45, 7) is 1.61. The van der Waals surface area contributed by atoms with Gasteiger partial charge in [-0.3, -0.25) is 4.68 Å². The first-order chi connectivity index (χ1) is 10.6. The highest BCUT2D eigenvalue weighted by Crippen LogP contribution is 2.42. The molecule has 0 amide bonds. The van der Waals surface area contributed by atoms with E-state index in [0.717, 1.165) is 54.4 Å². The Morgan fingerprint density at radius 3 is 2.59 bits per heavy atom. The molecule has 2 N–H and O–H groups in total. The molecule has 0 atom stereocenters. The van der Waals surface area contributed by atoms with Crippen molar-refractivity contribution in [1.29, 1.82) is 0 Å². The van der Waals surface area contributed by atoms with Gasteiger partial charge < -0.3 is 10.3 Å². The van der Waals surface area contributed by atoms with E-state index >= 15 is 0 Å².